The Morgan fingerprint density at radius 2 is 1.89 bits per heavy atom. The molecule has 1 amide bonds. The van der Waals surface area contributed by atoms with Crippen LogP contribution in [0.2, 0.25) is 0 Å². The lowest BCUT2D eigenvalue weighted by atomic mass is 9.80. The Kier molecular flexibility index (Phi) is 7.04. The molecular weight excluding hydrogens is 354 g/mol. The van der Waals surface area contributed by atoms with Crippen LogP contribution in [-0.2, 0) is 20.9 Å². The number of carbonyl (C=O) groups excluding carboxylic acids is 2. The van der Waals surface area contributed by atoms with Crippen molar-refractivity contribution in [2.75, 3.05) is 32.3 Å². The summed E-state index contributed by atoms with van der Waals surface area (Å²) in [6, 6.07) is 11.9. The van der Waals surface area contributed by atoms with E-state index >= 15 is 0 Å². The van der Waals surface area contributed by atoms with Crippen LogP contribution in [0.5, 0.6) is 0 Å². The topological polar surface area (TPSA) is 84.7 Å². The van der Waals surface area contributed by atoms with E-state index in [0.717, 1.165) is 34.4 Å². The van der Waals surface area contributed by atoms with Crippen LogP contribution in [0.4, 0.5) is 11.4 Å². The van der Waals surface area contributed by atoms with Crippen LogP contribution >= 0.6 is 0 Å². The van der Waals surface area contributed by atoms with Gasteiger partial charge < -0.3 is 20.7 Å². The van der Waals surface area contributed by atoms with E-state index in [4.69, 9.17) is 10.5 Å². The summed E-state index contributed by atoms with van der Waals surface area (Å²) in [5.41, 5.74) is 11.7. The van der Waals surface area contributed by atoms with Gasteiger partial charge in [-0.05, 0) is 41.3 Å². The van der Waals surface area contributed by atoms with E-state index in [2.05, 4.69) is 11.4 Å². The van der Waals surface area contributed by atoms with Crippen molar-refractivity contribution >= 4 is 23.8 Å². The molecule has 0 aromatic heterocycles. The Hall–Kier alpha value is -3.02. The molecule has 2 atom stereocenters. The molecule has 0 aliphatic rings. The lowest BCUT2D eigenvalue weighted by molar-refractivity contribution is -0.145. The van der Waals surface area contributed by atoms with Gasteiger partial charge in [0.2, 0.25) is 6.41 Å². The number of ether oxygens (including phenoxy) is 1. The Labute approximate surface area is 166 Å². The van der Waals surface area contributed by atoms with Gasteiger partial charge in [-0.15, -0.1) is 0 Å². The molecule has 0 fully saturated rings. The van der Waals surface area contributed by atoms with E-state index in [1.165, 1.54) is 7.11 Å². The molecule has 6 nitrogen and oxygen atoms in total. The first kappa shape index (κ1) is 21.3. The zero-order valence-corrected chi connectivity index (χ0v) is 17.2. The molecule has 0 bridgehead atoms. The SMILES string of the molecule is CNc1ccc(C(c2ccc(C)c(CN(C)C=O)c2)C(C)C(=O)OC)cc1N. The summed E-state index contributed by atoms with van der Waals surface area (Å²) in [6.07, 6.45) is 0.803. The van der Waals surface area contributed by atoms with Gasteiger partial charge in [0.1, 0.15) is 0 Å². The quantitative estimate of drug-likeness (QED) is 0.416. The number of hydrogen-bond acceptors (Lipinski definition) is 5. The number of amides is 1. The summed E-state index contributed by atoms with van der Waals surface area (Å²) < 4.78 is 5.01. The van der Waals surface area contributed by atoms with Crippen molar-refractivity contribution in [3.63, 3.8) is 0 Å². The first-order chi connectivity index (χ1) is 13.3. The van der Waals surface area contributed by atoms with E-state index in [1.807, 2.05) is 51.2 Å². The molecule has 2 unspecified atom stereocenters. The highest BCUT2D eigenvalue weighted by molar-refractivity contribution is 5.75. The normalized spacial score (nSPS) is 12.8. The van der Waals surface area contributed by atoms with Gasteiger partial charge in [-0.2, -0.15) is 0 Å². The first-order valence-corrected chi connectivity index (χ1v) is 9.22. The standard InChI is InChI=1S/C22H29N3O3/c1-14-6-7-16(10-18(14)12-25(4)13-26)21(15(2)22(27)28-5)17-8-9-20(24-3)19(23)11-17/h6-11,13,15,21,24H,12,23H2,1-5H3. The monoisotopic (exact) mass is 383 g/mol. The van der Waals surface area contributed by atoms with Crippen LogP contribution in [0.25, 0.3) is 0 Å². The number of nitrogens with two attached hydrogens (primary N) is 1. The lowest BCUT2D eigenvalue weighted by Crippen LogP contribution is -2.22. The predicted octanol–water partition coefficient (Wildman–Crippen LogP) is 3.15. The number of benzene rings is 2. The zero-order valence-electron chi connectivity index (χ0n) is 17.2. The van der Waals surface area contributed by atoms with Gasteiger partial charge in [-0.1, -0.05) is 31.2 Å². The molecule has 0 aliphatic carbocycles. The maximum Gasteiger partial charge on any atom is 0.309 e. The molecule has 3 N–H and O–H groups in total. The van der Waals surface area contributed by atoms with E-state index in [1.54, 1.807) is 11.9 Å². The van der Waals surface area contributed by atoms with E-state index in [9.17, 15) is 9.59 Å². The number of nitrogens with one attached hydrogen (secondary N) is 1. The second-order valence-corrected chi connectivity index (χ2v) is 7.09. The summed E-state index contributed by atoms with van der Waals surface area (Å²) in [4.78, 5) is 25.0. The number of carbonyl (C=O) groups is 2. The van der Waals surface area contributed by atoms with Crippen molar-refractivity contribution in [1.82, 2.24) is 4.90 Å². The molecule has 150 valence electrons. The molecule has 2 rings (SSSR count). The van der Waals surface area contributed by atoms with Crippen molar-refractivity contribution in [1.29, 1.82) is 0 Å². The molecule has 2 aromatic carbocycles. The van der Waals surface area contributed by atoms with Crippen LogP contribution in [0.15, 0.2) is 36.4 Å². The van der Waals surface area contributed by atoms with Gasteiger partial charge in [-0.3, -0.25) is 9.59 Å². The molecule has 0 heterocycles. The molecular formula is C22H29N3O3. The molecule has 0 saturated heterocycles. The number of rotatable bonds is 8. The fraction of sp³-hybridized carbons (Fsp3) is 0.364. The molecule has 0 spiro atoms. The van der Waals surface area contributed by atoms with Crippen LogP contribution in [0.1, 0.15) is 35.1 Å². The molecule has 0 radical (unpaired) electrons. The highest BCUT2D eigenvalue weighted by Gasteiger charge is 2.28. The van der Waals surface area contributed by atoms with Gasteiger partial charge in [0.05, 0.1) is 24.4 Å². The third-order valence-electron chi connectivity index (χ3n) is 5.11. The second kappa shape index (κ2) is 9.26. The van der Waals surface area contributed by atoms with Crippen molar-refractivity contribution in [2.45, 2.75) is 26.3 Å². The minimum Gasteiger partial charge on any atom is -0.469 e. The maximum atomic E-state index is 12.4. The van der Waals surface area contributed by atoms with Gasteiger partial charge >= 0.3 is 5.97 Å². The Balaban J connectivity index is 2.56. The van der Waals surface area contributed by atoms with Crippen LogP contribution < -0.4 is 11.1 Å². The Morgan fingerprint density at radius 3 is 2.46 bits per heavy atom. The van der Waals surface area contributed by atoms with Crippen molar-refractivity contribution in [3.8, 4) is 0 Å². The smallest absolute Gasteiger partial charge is 0.309 e. The summed E-state index contributed by atoms with van der Waals surface area (Å²) >= 11 is 0. The molecule has 28 heavy (non-hydrogen) atoms. The van der Waals surface area contributed by atoms with Crippen LogP contribution in [-0.4, -0.2) is 38.5 Å². The first-order valence-electron chi connectivity index (χ1n) is 9.22. The lowest BCUT2D eigenvalue weighted by Gasteiger charge is -2.25. The summed E-state index contributed by atoms with van der Waals surface area (Å²) in [6.45, 7) is 4.37. The molecule has 0 aliphatic heterocycles. The number of anilines is 2. The predicted molar refractivity (Wildman–Crippen MR) is 112 cm³/mol. The number of methoxy groups -OCH3 is 1. The number of aryl methyl sites for hydroxylation is 1. The van der Waals surface area contributed by atoms with E-state index in [-0.39, 0.29) is 11.9 Å². The fourth-order valence-electron chi connectivity index (χ4n) is 3.46. The van der Waals surface area contributed by atoms with E-state index in [0.29, 0.717) is 12.2 Å². The Bertz CT molecular complexity index is 851. The van der Waals surface area contributed by atoms with Crippen molar-refractivity contribution in [3.05, 3.63) is 58.7 Å². The minimum absolute atomic E-state index is 0.221. The van der Waals surface area contributed by atoms with Crippen molar-refractivity contribution < 1.29 is 14.3 Å². The summed E-state index contributed by atoms with van der Waals surface area (Å²) in [5, 5.41) is 3.05. The maximum absolute atomic E-state index is 12.4. The van der Waals surface area contributed by atoms with Gasteiger partial charge in [0.15, 0.2) is 0 Å². The van der Waals surface area contributed by atoms with Gasteiger partial charge in [0.25, 0.3) is 0 Å². The second-order valence-electron chi connectivity index (χ2n) is 7.09. The fourth-order valence-corrected chi connectivity index (χ4v) is 3.46. The summed E-state index contributed by atoms with van der Waals surface area (Å²) in [5.74, 6) is -0.904. The average Bonchev–Trinajstić information content (AvgIpc) is 2.69. The number of nitrogen functional groups attached to an aromatic ring is 1. The zero-order chi connectivity index (χ0) is 20.8. The van der Waals surface area contributed by atoms with Gasteiger partial charge in [0, 0.05) is 26.6 Å². The van der Waals surface area contributed by atoms with Crippen molar-refractivity contribution in [2.24, 2.45) is 5.92 Å². The summed E-state index contributed by atoms with van der Waals surface area (Å²) in [7, 11) is 4.95. The third-order valence-corrected chi connectivity index (χ3v) is 5.11. The number of esters is 1. The highest BCUT2D eigenvalue weighted by atomic mass is 16.5. The van der Waals surface area contributed by atoms with Crippen LogP contribution in [0.3, 0.4) is 0 Å². The van der Waals surface area contributed by atoms with Gasteiger partial charge in [-0.25, -0.2) is 0 Å². The molecule has 6 heteroatoms. The Morgan fingerprint density at radius 1 is 1.25 bits per heavy atom. The van der Waals surface area contributed by atoms with E-state index < -0.39 is 5.92 Å². The number of hydrogen-bond donors (Lipinski definition) is 2. The largest absolute Gasteiger partial charge is 0.469 e. The molecule has 2 aromatic rings. The highest BCUT2D eigenvalue weighted by Crippen LogP contribution is 2.36. The van der Waals surface area contributed by atoms with Crippen LogP contribution in [0, 0.1) is 12.8 Å². The minimum atomic E-state index is -0.399. The third kappa shape index (κ3) is 4.63. The molecule has 0 saturated carbocycles. The average molecular weight is 383 g/mol. The number of nitrogens with zero attached hydrogens (tertiary/aromatic N) is 1.